The van der Waals surface area contributed by atoms with E-state index in [9.17, 15) is 43.5 Å². The van der Waals surface area contributed by atoms with E-state index in [-0.39, 0.29) is 19.3 Å². The monoisotopic (exact) mass is 1300 g/mol. The second kappa shape index (κ2) is 65.1. The van der Waals surface area contributed by atoms with Crippen molar-refractivity contribution >= 4 is 33.6 Å². The highest BCUT2D eigenvalue weighted by Crippen LogP contribution is 2.45. The van der Waals surface area contributed by atoms with Gasteiger partial charge in [0.1, 0.15) is 25.4 Å². The average Bonchev–Trinajstić information content (AvgIpc) is 3.70. The van der Waals surface area contributed by atoms with E-state index in [0.29, 0.717) is 19.3 Å². The minimum absolute atomic E-state index is 0.106. The molecular weight excluding hydrogens is 1170 g/mol. The van der Waals surface area contributed by atoms with Crippen LogP contribution in [0.5, 0.6) is 0 Å². The van der Waals surface area contributed by atoms with Crippen molar-refractivity contribution in [1.29, 1.82) is 0 Å². The van der Waals surface area contributed by atoms with Crippen molar-refractivity contribution in [2.24, 2.45) is 0 Å². The van der Waals surface area contributed by atoms with E-state index in [4.69, 9.17) is 32.3 Å². The SMILES string of the molecule is CCCCC/C=C\C/C=C\C/C=C\C/C=C\CCCCCCCCCCCC(=O)OCC(O)COP(=O)(O)OCC(O)COP(=O)(O)OCC(COC(=O)CCCCCCC/C=C\C/C=C\CCCCC)OC(=O)CCCCCCCCCCCCCCC. The quantitative estimate of drug-likeness (QED) is 0.0146. The van der Waals surface area contributed by atoms with Crippen LogP contribution in [0.1, 0.15) is 303 Å². The van der Waals surface area contributed by atoms with Gasteiger partial charge in [-0.1, -0.05) is 261 Å². The number of ether oxygens (including phenoxy) is 3. The molecule has 0 aliphatic carbocycles. The van der Waals surface area contributed by atoms with Crippen molar-refractivity contribution in [2.45, 2.75) is 322 Å². The predicted octanol–water partition coefficient (Wildman–Crippen LogP) is 19.5. The highest BCUT2D eigenvalue weighted by atomic mass is 31.2. The van der Waals surface area contributed by atoms with Crippen LogP contribution in [-0.4, -0.2) is 95.9 Å². The molecule has 89 heavy (non-hydrogen) atoms. The van der Waals surface area contributed by atoms with E-state index in [1.165, 1.54) is 122 Å². The summed E-state index contributed by atoms with van der Waals surface area (Å²) < 4.78 is 60.9. The summed E-state index contributed by atoms with van der Waals surface area (Å²) in [5.41, 5.74) is 0. The Balaban J connectivity index is 4.52. The van der Waals surface area contributed by atoms with E-state index in [2.05, 4.69) is 93.7 Å². The van der Waals surface area contributed by atoms with Gasteiger partial charge < -0.3 is 34.2 Å². The molecule has 0 radical (unpaired) electrons. The first-order chi connectivity index (χ1) is 43.2. The zero-order valence-corrected chi connectivity index (χ0v) is 57.9. The summed E-state index contributed by atoms with van der Waals surface area (Å²) in [5.74, 6) is -1.58. The number of rotatable bonds is 67. The van der Waals surface area contributed by atoms with E-state index < -0.39 is 91.5 Å². The van der Waals surface area contributed by atoms with Gasteiger partial charge in [-0.2, -0.15) is 0 Å². The molecular formula is C71H128O16P2. The Bertz CT molecular complexity index is 1920. The van der Waals surface area contributed by atoms with E-state index in [1.807, 2.05) is 0 Å². The van der Waals surface area contributed by atoms with Crippen molar-refractivity contribution in [1.82, 2.24) is 0 Å². The molecule has 0 heterocycles. The van der Waals surface area contributed by atoms with Crippen LogP contribution in [0.2, 0.25) is 0 Å². The number of esters is 3. The summed E-state index contributed by atoms with van der Waals surface area (Å²) in [6.07, 6.45) is 68.1. The second-order valence-electron chi connectivity index (χ2n) is 23.7. The van der Waals surface area contributed by atoms with Crippen LogP contribution in [0, 0.1) is 0 Å². The number of carbonyl (C=O) groups is 3. The van der Waals surface area contributed by atoms with Crippen LogP contribution < -0.4 is 0 Å². The lowest BCUT2D eigenvalue weighted by Gasteiger charge is -2.21. The highest BCUT2D eigenvalue weighted by Gasteiger charge is 2.29. The first kappa shape index (κ1) is 86.0. The Kier molecular flexibility index (Phi) is 62.9. The maximum absolute atomic E-state index is 12.9. The van der Waals surface area contributed by atoms with Gasteiger partial charge >= 0.3 is 33.6 Å². The van der Waals surface area contributed by atoms with Crippen LogP contribution in [0.4, 0.5) is 0 Å². The van der Waals surface area contributed by atoms with Gasteiger partial charge in [0.15, 0.2) is 6.10 Å². The predicted molar refractivity (Wildman–Crippen MR) is 362 cm³/mol. The maximum Gasteiger partial charge on any atom is 0.472 e. The van der Waals surface area contributed by atoms with Gasteiger partial charge in [0.25, 0.3) is 0 Å². The van der Waals surface area contributed by atoms with Crippen molar-refractivity contribution in [3.63, 3.8) is 0 Å². The van der Waals surface area contributed by atoms with E-state index >= 15 is 0 Å². The zero-order chi connectivity index (χ0) is 65.3. The van der Waals surface area contributed by atoms with Crippen molar-refractivity contribution < 1.29 is 75.8 Å². The summed E-state index contributed by atoms with van der Waals surface area (Å²) in [6, 6.07) is 0. The standard InChI is InChI=1S/C71H128O16P2/c1-4-7-10-13-16-19-22-25-27-28-29-30-31-32-33-34-35-36-38-41-42-45-48-51-54-57-69(74)81-60-66(72)61-83-88(77,78)84-62-67(73)63-85-89(79,80)86-65-68(87-71(76)59-56-53-50-47-44-39-24-21-18-15-12-9-6-3)64-82-70(75)58-55-52-49-46-43-40-37-26-23-20-17-14-11-8-5-2/h16-17,19-20,25-27,29-30,32-33,37,66-68,72-73H,4-15,18,21-24,28,31,34-36,38-65H2,1-3H3,(H,77,78)(H,79,80)/b19-16-,20-17-,27-25-,30-29-,33-32-,37-26-. The summed E-state index contributed by atoms with van der Waals surface area (Å²) in [5, 5.41) is 20.6. The summed E-state index contributed by atoms with van der Waals surface area (Å²) in [6.45, 7) is 2.62. The molecule has 0 saturated heterocycles. The molecule has 0 fully saturated rings. The van der Waals surface area contributed by atoms with E-state index in [0.717, 1.165) is 122 Å². The largest absolute Gasteiger partial charge is 0.472 e. The molecule has 0 spiro atoms. The Hall–Kier alpha value is -3.01. The number of phosphoric acid groups is 2. The topological polar surface area (TPSA) is 231 Å². The van der Waals surface area contributed by atoms with Crippen molar-refractivity contribution in [3.05, 3.63) is 72.9 Å². The number of hydrogen-bond acceptors (Lipinski definition) is 14. The molecule has 0 saturated carbocycles. The number of phosphoric ester groups is 2. The molecule has 518 valence electrons. The molecule has 18 heteroatoms. The Labute approximate surface area is 541 Å². The Morgan fingerprint density at radius 2 is 0.562 bits per heavy atom. The smallest absolute Gasteiger partial charge is 0.463 e. The molecule has 0 aromatic rings. The van der Waals surface area contributed by atoms with Crippen molar-refractivity contribution in [2.75, 3.05) is 39.6 Å². The zero-order valence-electron chi connectivity index (χ0n) is 56.1. The fourth-order valence-corrected chi connectivity index (χ4v) is 11.1. The second-order valence-corrected chi connectivity index (χ2v) is 26.6. The molecule has 5 unspecified atom stereocenters. The number of carbonyl (C=O) groups excluding carboxylic acids is 3. The van der Waals surface area contributed by atoms with Crippen LogP contribution in [0.25, 0.3) is 0 Å². The molecule has 0 rings (SSSR count). The Morgan fingerprint density at radius 3 is 0.910 bits per heavy atom. The number of allylic oxidation sites excluding steroid dienone is 12. The summed E-state index contributed by atoms with van der Waals surface area (Å²) in [4.78, 5) is 58.3. The first-order valence-electron chi connectivity index (χ1n) is 35.2. The summed E-state index contributed by atoms with van der Waals surface area (Å²) >= 11 is 0. The van der Waals surface area contributed by atoms with Crippen LogP contribution >= 0.6 is 15.6 Å². The molecule has 4 N–H and O–H groups in total. The molecule has 0 aromatic heterocycles. The Morgan fingerprint density at radius 1 is 0.315 bits per heavy atom. The molecule has 0 aliphatic rings. The maximum atomic E-state index is 12.9. The third-order valence-electron chi connectivity index (χ3n) is 14.9. The molecule has 0 amide bonds. The van der Waals surface area contributed by atoms with Crippen LogP contribution in [0.3, 0.4) is 0 Å². The average molecular weight is 1300 g/mol. The van der Waals surface area contributed by atoms with Crippen LogP contribution in [-0.2, 0) is 55.8 Å². The number of aliphatic hydroxyl groups is 2. The van der Waals surface area contributed by atoms with Gasteiger partial charge in [-0.05, 0) is 96.3 Å². The van der Waals surface area contributed by atoms with Gasteiger partial charge in [-0.15, -0.1) is 0 Å². The lowest BCUT2D eigenvalue weighted by Crippen LogP contribution is -2.30. The van der Waals surface area contributed by atoms with Gasteiger partial charge in [0.05, 0.1) is 26.4 Å². The first-order valence-corrected chi connectivity index (χ1v) is 38.2. The van der Waals surface area contributed by atoms with E-state index in [1.54, 1.807) is 0 Å². The summed E-state index contributed by atoms with van der Waals surface area (Å²) in [7, 11) is -9.77. The third-order valence-corrected chi connectivity index (χ3v) is 16.8. The molecule has 0 aliphatic heterocycles. The number of aliphatic hydroxyl groups excluding tert-OH is 2. The van der Waals surface area contributed by atoms with Crippen LogP contribution in [0.15, 0.2) is 72.9 Å². The number of hydrogen-bond donors (Lipinski definition) is 4. The fraction of sp³-hybridized carbons (Fsp3) is 0.789. The van der Waals surface area contributed by atoms with Gasteiger partial charge in [0.2, 0.25) is 0 Å². The molecule has 5 atom stereocenters. The molecule has 0 aromatic carbocycles. The fourth-order valence-electron chi connectivity index (χ4n) is 9.47. The van der Waals surface area contributed by atoms with Gasteiger partial charge in [-0.3, -0.25) is 32.5 Å². The van der Waals surface area contributed by atoms with Gasteiger partial charge in [0, 0.05) is 19.3 Å². The number of unbranched alkanes of at least 4 members (excludes halogenated alkanes) is 32. The minimum Gasteiger partial charge on any atom is -0.463 e. The normalized spacial score (nSPS) is 14.6. The van der Waals surface area contributed by atoms with Gasteiger partial charge in [-0.25, -0.2) is 9.13 Å². The lowest BCUT2D eigenvalue weighted by atomic mass is 10.0. The minimum atomic E-state index is -4.92. The molecule has 0 bridgehead atoms. The lowest BCUT2D eigenvalue weighted by molar-refractivity contribution is -0.161. The third kappa shape index (κ3) is 66.3. The van der Waals surface area contributed by atoms with Crippen molar-refractivity contribution in [3.8, 4) is 0 Å². The highest BCUT2D eigenvalue weighted by molar-refractivity contribution is 7.47. The molecule has 16 nitrogen and oxygen atoms in total.